The van der Waals surface area contributed by atoms with Crippen molar-refractivity contribution in [3.63, 3.8) is 0 Å². The fourth-order valence-electron chi connectivity index (χ4n) is 2.12. The van der Waals surface area contributed by atoms with Crippen LogP contribution < -0.4 is 0 Å². The summed E-state index contributed by atoms with van der Waals surface area (Å²) in [7, 11) is 0. The molecule has 2 aromatic carbocycles. The van der Waals surface area contributed by atoms with Crippen LogP contribution in [0.15, 0.2) is 59.3 Å². The third-order valence-electron chi connectivity index (χ3n) is 3.17. The molecule has 0 fully saturated rings. The number of aryl methyl sites for hydroxylation is 1. The normalized spacial score (nSPS) is 10.8. The maximum Gasteiger partial charge on any atom is 0.123 e. The van der Waals surface area contributed by atoms with Crippen LogP contribution in [0.4, 0.5) is 4.39 Å². The Kier molecular flexibility index (Phi) is 3.40. The second-order valence-electron chi connectivity index (χ2n) is 4.61. The van der Waals surface area contributed by atoms with E-state index >= 15 is 0 Å². The molecular weight excluding hydrogens is 319 g/mol. The van der Waals surface area contributed by atoms with Crippen LogP contribution in [0.1, 0.15) is 5.56 Å². The lowest BCUT2D eigenvalue weighted by molar-refractivity contribution is 0.625. The first-order chi connectivity index (χ1) is 9.63. The van der Waals surface area contributed by atoms with Crippen molar-refractivity contribution in [1.82, 2.24) is 9.78 Å². The molecule has 0 saturated heterocycles. The zero-order valence-corrected chi connectivity index (χ0v) is 12.4. The molecule has 0 aliphatic carbocycles. The van der Waals surface area contributed by atoms with E-state index in [0.29, 0.717) is 0 Å². The first kappa shape index (κ1) is 13.1. The Hall–Kier alpha value is -1.94. The minimum atomic E-state index is -0.230. The van der Waals surface area contributed by atoms with Crippen molar-refractivity contribution in [1.29, 1.82) is 0 Å². The number of nitrogens with zero attached hydrogens (tertiary/aromatic N) is 2. The van der Waals surface area contributed by atoms with Gasteiger partial charge in [-0.25, -0.2) is 9.07 Å². The Balaban J connectivity index is 1.99. The number of aromatic nitrogens is 2. The fourth-order valence-corrected chi connectivity index (χ4v) is 2.39. The van der Waals surface area contributed by atoms with Gasteiger partial charge in [0.2, 0.25) is 0 Å². The van der Waals surface area contributed by atoms with Crippen molar-refractivity contribution in [2.45, 2.75) is 6.92 Å². The van der Waals surface area contributed by atoms with E-state index in [1.54, 1.807) is 10.7 Å². The predicted molar refractivity (Wildman–Crippen MR) is 81.4 cm³/mol. The molecule has 2 nitrogen and oxygen atoms in total. The molecular formula is C16H12BrFN2. The Labute approximate surface area is 125 Å². The quantitative estimate of drug-likeness (QED) is 0.663. The number of hydrogen-bond acceptors (Lipinski definition) is 1. The molecule has 0 aliphatic heterocycles. The number of hydrogen-bond donors (Lipinski definition) is 0. The second-order valence-corrected chi connectivity index (χ2v) is 5.53. The molecule has 4 heteroatoms. The summed E-state index contributed by atoms with van der Waals surface area (Å²) in [6, 6.07) is 12.8. The minimum absolute atomic E-state index is 0.230. The van der Waals surface area contributed by atoms with Gasteiger partial charge in [-0.2, -0.15) is 5.10 Å². The molecule has 0 aliphatic rings. The third kappa shape index (κ3) is 2.51. The highest BCUT2D eigenvalue weighted by Crippen LogP contribution is 2.23. The summed E-state index contributed by atoms with van der Waals surface area (Å²) < 4.78 is 16.0. The highest BCUT2D eigenvalue weighted by molar-refractivity contribution is 9.10. The molecule has 0 spiro atoms. The summed E-state index contributed by atoms with van der Waals surface area (Å²) in [5.74, 6) is -0.230. The fraction of sp³-hybridized carbons (Fsp3) is 0.0625. The number of halogens is 2. The van der Waals surface area contributed by atoms with Crippen molar-refractivity contribution in [3.8, 4) is 16.8 Å². The lowest BCUT2D eigenvalue weighted by Crippen LogP contribution is -1.97. The highest BCUT2D eigenvalue weighted by atomic mass is 79.9. The van der Waals surface area contributed by atoms with Gasteiger partial charge in [0.15, 0.2) is 0 Å². The van der Waals surface area contributed by atoms with Crippen molar-refractivity contribution < 1.29 is 4.39 Å². The van der Waals surface area contributed by atoms with Gasteiger partial charge in [0, 0.05) is 16.2 Å². The Bertz CT molecular complexity index is 747. The molecule has 1 heterocycles. The summed E-state index contributed by atoms with van der Waals surface area (Å²) in [5.41, 5.74) is 3.87. The van der Waals surface area contributed by atoms with Gasteiger partial charge in [-0.1, -0.05) is 28.1 Å². The van der Waals surface area contributed by atoms with Crippen LogP contribution in [-0.2, 0) is 0 Å². The first-order valence-electron chi connectivity index (χ1n) is 6.20. The van der Waals surface area contributed by atoms with Gasteiger partial charge in [-0.15, -0.1) is 0 Å². The van der Waals surface area contributed by atoms with E-state index in [2.05, 4.69) is 21.0 Å². The number of benzene rings is 2. The summed E-state index contributed by atoms with van der Waals surface area (Å²) in [6.45, 7) is 1.87. The average Bonchev–Trinajstić information content (AvgIpc) is 2.89. The highest BCUT2D eigenvalue weighted by Gasteiger charge is 2.06. The zero-order chi connectivity index (χ0) is 14.1. The smallest absolute Gasteiger partial charge is 0.123 e. The number of rotatable bonds is 2. The van der Waals surface area contributed by atoms with Crippen LogP contribution in [0.3, 0.4) is 0 Å². The van der Waals surface area contributed by atoms with Gasteiger partial charge in [0.05, 0.1) is 11.9 Å². The van der Waals surface area contributed by atoms with Crippen molar-refractivity contribution in [2.75, 3.05) is 0 Å². The van der Waals surface area contributed by atoms with Crippen LogP contribution in [0.5, 0.6) is 0 Å². The molecule has 0 saturated carbocycles. The minimum Gasteiger partial charge on any atom is -0.240 e. The second kappa shape index (κ2) is 5.21. The van der Waals surface area contributed by atoms with E-state index in [1.807, 2.05) is 43.6 Å². The van der Waals surface area contributed by atoms with Crippen LogP contribution in [-0.4, -0.2) is 9.78 Å². The van der Waals surface area contributed by atoms with Crippen molar-refractivity contribution in [2.24, 2.45) is 0 Å². The molecule has 0 unspecified atom stereocenters. The van der Waals surface area contributed by atoms with Crippen LogP contribution in [0, 0.1) is 12.7 Å². The van der Waals surface area contributed by atoms with Crippen LogP contribution >= 0.6 is 15.9 Å². The maximum atomic E-state index is 13.1. The molecule has 0 radical (unpaired) electrons. The first-order valence-corrected chi connectivity index (χ1v) is 7.00. The van der Waals surface area contributed by atoms with Gasteiger partial charge < -0.3 is 0 Å². The summed E-state index contributed by atoms with van der Waals surface area (Å²) in [4.78, 5) is 0. The molecule has 0 amide bonds. The topological polar surface area (TPSA) is 17.8 Å². The Morgan fingerprint density at radius 1 is 1.05 bits per heavy atom. The Morgan fingerprint density at radius 2 is 1.80 bits per heavy atom. The molecule has 0 N–H and O–H groups in total. The average molecular weight is 331 g/mol. The third-order valence-corrected chi connectivity index (χ3v) is 3.69. The Morgan fingerprint density at radius 3 is 2.50 bits per heavy atom. The van der Waals surface area contributed by atoms with E-state index in [-0.39, 0.29) is 5.82 Å². The van der Waals surface area contributed by atoms with Gasteiger partial charge in [0.25, 0.3) is 0 Å². The lowest BCUT2D eigenvalue weighted by atomic mass is 10.1. The summed E-state index contributed by atoms with van der Waals surface area (Å²) in [6.07, 6.45) is 3.76. The molecule has 20 heavy (non-hydrogen) atoms. The molecule has 3 aromatic rings. The van der Waals surface area contributed by atoms with E-state index in [4.69, 9.17) is 0 Å². The van der Waals surface area contributed by atoms with E-state index in [1.165, 1.54) is 12.1 Å². The van der Waals surface area contributed by atoms with Crippen molar-refractivity contribution in [3.05, 3.63) is 70.7 Å². The van der Waals surface area contributed by atoms with Crippen LogP contribution in [0.2, 0.25) is 0 Å². The standard InChI is InChI=1S/C16H12BrFN2/c1-11-8-15(18)6-7-16(11)20-10-13(9-19-20)12-2-4-14(17)5-3-12/h2-10H,1H3. The largest absolute Gasteiger partial charge is 0.240 e. The van der Waals surface area contributed by atoms with Crippen LogP contribution in [0.25, 0.3) is 16.8 Å². The molecule has 3 rings (SSSR count). The molecule has 0 bridgehead atoms. The van der Waals surface area contributed by atoms with E-state index < -0.39 is 0 Å². The maximum absolute atomic E-state index is 13.1. The van der Waals surface area contributed by atoms with Gasteiger partial charge in [-0.3, -0.25) is 0 Å². The molecule has 100 valence electrons. The summed E-state index contributed by atoms with van der Waals surface area (Å²) >= 11 is 3.42. The van der Waals surface area contributed by atoms with E-state index in [0.717, 1.165) is 26.9 Å². The lowest BCUT2D eigenvalue weighted by Gasteiger charge is -2.05. The monoisotopic (exact) mass is 330 g/mol. The van der Waals surface area contributed by atoms with Gasteiger partial charge >= 0.3 is 0 Å². The molecule has 1 aromatic heterocycles. The predicted octanol–water partition coefficient (Wildman–Crippen LogP) is 4.75. The summed E-state index contributed by atoms with van der Waals surface area (Å²) in [5, 5.41) is 4.36. The van der Waals surface area contributed by atoms with Crippen molar-refractivity contribution >= 4 is 15.9 Å². The van der Waals surface area contributed by atoms with Gasteiger partial charge in [0.1, 0.15) is 5.82 Å². The zero-order valence-electron chi connectivity index (χ0n) is 10.8. The van der Waals surface area contributed by atoms with E-state index in [9.17, 15) is 4.39 Å². The molecule has 0 atom stereocenters. The SMILES string of the molecule is Cc1cc(F)ccc1-n1cc(-c2ccc(Br)cc2)cn1. The van der Waals surface area contributed by atoms with Gasteiger partial charge in [-0.05, 0) is 48.4 Å².